The zero-order valence-corrected chi connectivity index (χ0v) is 12.1. The fraction of sp³-hybridized carbons (Fsp3) is 0.917. The third kappa shape index (κ3) is 4.24. The molecule has 0 atom stereocenters. The Hall–Kier alpha value is -0.620. The summed E-state index contributed by atoms with van der Waals surface area (Å²) in [6, 6.07) is 0. The topological polar surface area (TPSA) is 55.6 Å². The van der Waals surface area contributed by atoms with Gasteiger partial charge in [0.2, 0.25) is 5.16 Å². The van der Waals surface area contributed by atoms with Crippen LogP contribution in [0.3, 0.4) is 0 Å². The molecule has 1 aromatic rings. The molecule has 1 aliphatic rings. The van der Waals surface area contributed by atoms with Gasteiger partial charge >= 0.3 is 0 Å². The van der Waals surface area contributed by atoms with Crippen molar-refractivity contribution in [1.29, 1.82) is 0 Å². The van der Waals surface area contributed by atoms with Gasteiger partial charge < -0.3 is 5.32 Å². The minimum Gasteiger partial charge on any atom is -0.315 e. The molecule has 1 fully saturated rings. The minimum atomic E-state index is 0.686. The first-order valence-corrected chi connectivity index (χ1v) is 7.77. The van der Waals surface area contributed by atoms with Gasteiger partial charge in [-0.25, -0.2) is 4.68 Å². The highest BCUT2D eigenvalue weighted by molar-refractivity contribution is 7.99. The summed E-state index contributed by atoms with van der Waals surface area (Å²) in [6.07, 6.45) is 5.33. The minimum absolute atomic E-state index is 0.686. The molecular weight excluding hydrogens is 246 g/mol. The largest absolute Gasteiger partial charge is 0.315 e. The quantitative estimate of drug-likeness (QED) is 0.767. The van der Waals surface area contributed by atoms with Gasteiger partial charge in [0.05, 0.1) is 6.54 Å². The van der Waals surface area contributed by atoms with Crippen molar-refractivity contribution >= 4 is 11.8 Å². The maximum atomic E-state index is 4.13. The third-order valence-corrected chi connectivity index (χ3v) is 4.43. The van der Waals surface area contributed by atoms with Crippen molar-refractivity contribution in [3.63, 3.8) is 0 Å². The predicted molar refractivity (Wildman–Crippen MR) is 73.6 cm³/mol. The average molecular weight is 269 g/mol. The standard InChI is InChI=1S/C12H23N5S/c1-10(2)9-13-7-8-17-12(14-15-16-17)18-11-5-3-4-6-11/h10-11,13H,3-9H2,1-2H3. The first kappa shape index (κ1) is 13.8. The summed E-state index contributed by atoms with van der Waals surface area (Å²) in [7, 11) is 0. The molecule has 18 heavy (non-hydrogen) atoms. The van der Waals surface area contributed by atoms with E-state index in [-0.39, 0.29) is 0 Å². The van der Waals surface area contributed by atoms with Gasteiger partial charge in [0.1, 0.15) is 0 Å². The van der Waals surface area contributed by atoms with Crippen LogP contribution >= 0.6 is 11.8 Å². The van der Waals surface area contributed by atoms with Crippen molar-refractivity contribution < 1.29 is 0 Å². The number of thioether (sulfide) groups is 1. The summed E-state index contributed by atoms with van der Waals surface area (Å²) in [6.45, 7) is 7.26. The SMILES string of the molecule is CC(C)CNCCn1nnnc1SC1CCCC1. The lowest BCUT2D eigenvalue weighted by molar-refractivity contribution is 0.481. The molecule has 0 aliphatic heterocycles. The second kappa shape index (κ2) is 7.09. The number of hydrogen-bond donors (Lipinski definition) is 1. The number of rotatable bonds is 7. The van der Waals surface area contributed by atoms with E-state index < -0.39 is 0 Å². The van der Waals surface area contributed by atoms with Gasteiger partial charge in [-0.3, -0.25) is 0 Å². The van der Waals surface area contributed by atoms with E-state index >= 15 is 0 Å². The highest BCUT2D eigenvalue weighted by Gasteiger charge is 2.19. The Balaban J connectivity index is 1.76. The van der Waals surface area contributed by atoms with Crippen LogP contribution in [0.5, 0.6) is 0 Å². The van der Waals surface area contributed by atoms with E-state index in [1.54, 1.807) is 0 Å². The van der Waals surface area contributed by atoms with Crippen LogP contribution in [0, 0.1) is 5.92 Å². The fourth-order valence-electron chi connectivity index (χ4n) is 2.15. The van der Waals surface area contributed by atoms with Gasteiger partial charge in [-0.2, -0.15) is 0 Å². The second-order valence-electron chi connectivity index (χ2n) is 5.31. The van der Waals surface area contributed by atoms with Crippen molar-refractivity contribution in [2.45, 2.75) is 56.5 Å². The summed E-state index contributed by atoms with van der Waals surface area (Å²) in [5.74, 6) is 0.686. The molecular formula is C12H23N5S. The highest BCUT2D eigenvalue weighted by Crippen LogP contribution is 2.33. The van der Waals surface area contributed by atoms with Crippen molar-refractivity contribution in [3.8, 4) is 0 Å². The molecule has 1 aliphatic carbocycles. The van der Waals surface area contributed by atoms with Crippen molar-refractivity contribution in [1.82, 2.24) is 25.5 Å². The van der Waals surface area contributed by atoms with Crippen LogP contribution in [-0.4, -0.2) is 38.5 Å². The van der Waals surface area contributed by atoms with Crippen LogP contribution in [0.1, 0.15) is 39.5 Å². The number of aromatic nitrogens is 4. The normalized spacial score (nSPS) is 16.8. The molecule has 1 aromatic heterocycles. The number of hydrogen-bond acceptors (Lipinski definition) is 5. The Kier molecular flexibility index (Phi) is 5.44. The van der Waals surface area contributed by atoms with E-state index in [9.17, 15) is 0 Å². The van der Waals surface area contributed by atoms with Crippen LogP contribution in [0.2, 0.25) is 0 Å². The summed E-state index contributed by atoms with van der Waals surface area (Å²) in [5, 5.41) is 17.1. The van der Waals surface area contributed by atoms with Crippen LogP contribution in [0.25, 0.3) is 0 Å². The molecule has 6 heteroatoms. The average Bonchev–Trinajstić information content (AvgIpc) is 2.97. The van der Waals surface area contributed by atoms with Crippen molar-refractivity contribution in [2.24, 2.45) is 5.92 Å². The van der Waals surface area contributed by atoms with Crippen LogP contribution < -0.4 is 5.32 Å². The van der Waals surface area contributed by atoms with E-state index in [4.69, 9.17) is 0 Å². The Morgan fingerprint density at radius 2 is 2.17 bits per heavy atom. The summed E-state index contributed by atoms with van der Waals surface area (Å²) >= 11 is 1.85. The predicted octanol–water partition coefficient (Wildman–Crippen LogP) is 1.95. The van der Waals surface area contributed by atoms with Gasteiger partial charge in [-0.15, -0.1) is 5.10 Å². The first-order valence-electron chi connectivity index (χ1n) is 6.89. The zero-order chi connectivity index (χ0) is 12.8. The van der Waals surface area contributed by atoms with Crippen LogP contribution in [0.4, 0.5) is 0 Å². The molecule has 0 bridgehead atoms. The fourth-order valence-corrected chi connectivity index (χ4v) is 3.35. The summed E-state index contributed by atoms with van der Waals surface area (Å²) in [5.41, 5.74) is 0. The molecule has 0 radical (unpaired) electrons. The highest BCUT2D eigenvalue weighted by atomic mass is 32.2. The number of nitrogens with one attached hydrogen (secondary N) is 1. The molecule has 0 aromatic carbocycles. The second-order valence-corrected chi connectivity index (χ2v) is 6.57. The van der Waals surface area contributed by atoms with E-state index in [2.05, 4.69) is 34.7 Å². The molecule has 0 saturated heterocycles. The van der Waals surface area contributed by atoms with Crippen LogP contribution in [0.15, 0.2) is 5.16 Å². The Morgan fingerprint density at radius 3 is 2.89 bits per heavy atom. The molecule has 1 saturated carbocycles. The van der Waals surface area contributed by atoms with E-state index in [0.717, 1.165) is 30.0 Å². The zero-order valence-electron chi connectivity index (χ0n) is 11.3. The monoisotopic (exact) mass is 269 g/mol. The molecule has 0 amide bonds. The number of tetrazole rings is 1. The lowest BCUT2D eigenvalue weighted by Gasteiger charge is -2.10. The van der Waals surface area contributed by atoms with Gasteiger partial charge in [0, 0.05) is 11.8 Å². The van der Waals surface area contributed by atoms with E-state index in [0.29, 0.717) is 5.92 Å². The smallest absolute Gasteiger partial charge is 0.209 e. The maximum absolute atomic E-state index is 4.13. The first-order chi connectivity index (χ1) is 8.75. The van der Waals surface area contributed by atoms with Crippen molar-refractivity contribution in [2.75, 3.05) is 13.1 Å². The maximum Gasteiger partial charge on any atom is 0.209 e. The van der Waals surface area contributed by atoms with Crippen LogP contribution in [-0.2, 0) is 6.54 Å². The summed E-state index contributed by atoms with van der Waals surface area (Å²) in [4.78, 5) is 0. The van der Waals surface area contributed by atoms with Gasteiger partial charge in [-0.1, -0.05) is 38.5 Å². The Bertz CT molecular complexity index is 346. The van der Waals surface area contributed by atoms with E-state index in [1.807, 2.05) is 16.4 Å². The molecule has 102 valence electrons. The Labute approximate surface area is 113 Å². The molecule has 0 spiro atoms. The van der Waals surface area contributed by atoms with E-state index in [1.165, 1.54) is 25.7 Å². The Morgan fingerprint density at radius 1 is 1.39 bits per heavy atom. The molecule has 0 unspecified atom stereocenters. The third-order valence-electron chi connectivity index (χ3n) is 3.13. The molecule has 2 rings (SSSR count). The molecule has 5 nitrogen and oxygen atoms in total. The molecule has 1 heterocycles. The summed E-state index contributed by atoms with van der Waals surface area (Å²) < 4.78 is 1.93. The van der Waals surface area contributed by atoms with Gasteiger partial charge in [0.15, 0.2) is 0 Å². The van der Waals surface area contributed by atoms with Gasteiger partial charge in [-0.05, 0) is 35.7 Å². The number of nitrogens with zero attached hydrogens (tertiary/aromatic N) is 4. The van der Waals surface area contributed by atoms with Gasteiger partial charge in [0.25, 0.3) is 0 Å². The lowest BCUT2D eigenvalue weighted by atomic mass is 10.2. The molecule has 1 N–H and O–H groups in total. The van der Waals surface area contributed by atoms with Crippen molar-refractivity contribution in [3.05, 3.63) is 0 Å². The lowest BCUT2D eigenvalue weighted by Crippen LogP contribution is -2.24.